The van der Waals surface area contributed by atoms with Gasteiger partial charge < -0.3 is 19.4 Å². The number of hydrogen-bond acceptors (Lipinski definition) is 4. The molecule has 21 heavy (non-hydrogen) atoms. The minimum Gasteiger partial charge on any atom is -0.427 e. The maximum atomic E-state index is 5.44. The summed E-state index contributed by atoms with van der Waals surface area (Å²) in [6.07, 6.45) is 5.53. The summed E-state index contributed by atoms with van der Waals surface area (Å²) in [5.41, 5.74) is 7.71. The molecule has 0 saturated carbocycles. The van der Waals surface area contributed by atoms with Gasteiger partial charge in [-0.15, -0.1) is 0 Å². The minimum absolute atomic E-state index is 0.169. The first-order valence-corrected chi connectivity index (χ1v) is 8.87. The average molecular weight is 309 g/mol. The summed E-state index contributed by atoms with van der Waals surface area (Å²) in [7, 11) is 1.68. The summed E-state index contributed by atoms with van der Waals surface area (Å²) < 4.78 is 16.2. The van der Waals surface area contributed by atoms with E-state index in [1.54, 1.807) is 14.2 Å². The SMILES string of the molecule is C=C(CP(=C)(OC)OC)[C@@H](BOCN)Cc1ccccc1. The second-order valence-corrected chi connectivity index (χ2v) is 7.60. The van der Waals surface area contributed by atoms with Crippen molar-refractivity contribution in [1.82, 2.24) is 0 Å². The van der Waals surface area contributed by atoms with Crippen molar-refractivity contribution in [3.05, 3.63) is 48.0 Å². The van der Waals surface area contributed by atoms with Crippen LogP contribution in [0.1, 0.15) is 5.56 Å². The Labute approximate surface area is 128 Å². The number of benzene rings is 1. The Morgan fingerprint density at radius 2 is 1.90 bits per heavy atom. The van der Waals surface area contributed by atoms with E-state index in [-0.39, 0.29) is 12.5 Å². The first-order chi connectivity index (χ1) is 10.0. The molecule has 0 radical (unpaired) electrons. The van der Waals surface area contributed by atoms with E-state index in [1.807, 2.05) is 18.2 Å². The van der Waals surface area contributed by atoms with Crippen LogP contribution in [0.4, 0.5) is 0 Å². The van der Waals surface area contributed by atoms with Crippen LogP contribution in [-0.2, 0) is 20.1 Å². The lowest BCUT2D eigenvalue weighted by atomic mass is 9.72. The third-order valence-electron chi connectivity index (χ3n) is 3.45. The molecule has 116 valence electrons. The lowest BCUT2D eigenvalue weighted by Crippen LogP contribution is -2.18. The van der Waals surface area contributed by atoms with Gasteiger partial charge in [-0.05, 0) is 17.8 Å². The summed E-state index contributed by atoms with van der Waals surface area (Å²) in [5, 5.41) is 0. The van der Waals surface area contributed by atoms with Crippen LogP contribution in [0, 0.1) is 0 Å². The molecule has 0 aliphatic rings. The van der Waals surface area contributed by atoms with E-state index in [1.165, 1.54) is 5.56 Å². The van der Waals surface area contributed by atoms with Crippen LogP contribution in [0.5, 0.6) is 0 Å². The molecule has 0 unspecified atom stereocenters. The molecule has 0 amide bonds. The van der Waals surface area contributed by atoms with Crippen molar-refractivity contribution in [3.63, 3.8) is 0 Å². The van der Waals surface area contributed by atoms with Crippen LogP contribution in [0.2, 0.25) is 5.82 Å². The standard InChI is InChI=1S/C15H25BNO3P/c1-13(11-21(4,18-2)19-3)15(16-20-12-17)10-14-8-6-5-7-9-14/h5-9,15-16H,1,4,10-12,17H2,2-3H3/t15-/m0/s1. The highest BCUT2D eigenvalue weighted by Gasteiger charge is 2.22. The Kier molecular flexibility index (Phi) is 8.01. The average Bonchev–Trinajstić information content (AvgIpc) is 2.52. The lowest BCUT2D eigenvalue weighted by Gasteiger charge is -2.25. The van der Waals surface area contributed by atoms with Crippen LogP contribution >= 0.6 is 7.34 Å². The van der Waals surface area contributed by atoms with Crippen LogP contribution < -0.4 is 5.73 Å². The highest BCUT2D eigenvalue weighted by Crippen LogP contribution is 2.48. The van der Waals surface area contributed by atoms with Gasteiger partial charge in [-0.2, -0.15) is 0 Å². The Morgan fingerprint density at radius 3 is 2.43 bits per heavy atom. The van der Waals surface area contributed by atoms with Crippen molar-refractivity contribution in [2.45, 2.75) is 12.2 Å². The van der Waals surface area contributed by atoms with E-state index in [0.29, 0.717) is 13.6 Å². The molecule has 0 saturated heterocycles. The van der Waals surface area contributed by atoms with Gasteiger partial charge in [0.1, 0.15) is 7.34 Å². The van der Waals surface area contributed by atoms with Crippen molar-refractivity contribution < 1.29 is 13.7 Å². The minimum atomic E-state index is -2.11. The second-order valence-electron chi connectivity index (χ2n) is 4.92. The van der Waals surface area contributed by atoms with E-state index in [0.717, 1.165) is 12.0 Å². The molecule has 1 rings (SSSR count). The predicted octanol–water partition coefficient (Wildman–Crippen LogP) is 2.43. The monoisotopic (exact) mass is 309 g/mol. The zero-order valence-electron chi connectivity index (χ0n) is 13.0. The third-order valence-corrected chi connectivity index (χ3v) is 5.67. The number of hydrogen-bond donors (Lipinski definition) is 1. The zero-order valence-corrected chi connectivity index (χ0v) is 13.9. The van der Waals surface area contributed by atoms with Gasteiger partial charge in [-0.1, -0.05) is 48.8 Å². The van der Waals surface area contributed by atoms with Crippen LogP contribution in [0.25, 0.3) is 0 Å². The highest BCUT2D eigenvalue weighted by molar-refractivity contribution is 7.64. The molecule has 0 aliphatic heterocycles. The van der Waals surface area contributed by atoms with Gasteiger partial charge in [0.2, 0.25) is 0 Å². The summed E-state index contributed by atoms with van der Waals surface area (Å²) in [6, 6.07) is 10.3. The second kappa shape index (κ2) is 9.24. The molecule has 0 heterocycles. The maximum Gasteiger partial charge on any atom is 0.284 e. The van der Waals surface area contributed by atoms with Gasteiger partial charge in [0.25, 0.3) is 7.48 Å². The Morgan fingerprint density at radius 1 is 1.29 bits per heavy atom. The molecule has 0 aliphatic carbocycles. The summed E-state index contributed by atoms with van der Waals surface area (Å²) in [4.78, 5) is 0. The highest BCUT2D eigenvalue weighted by atomic mass is 31.2. The van der Waals surface area contributed by atoms with Gasteiger partial charge >= 0.3 is 0 Å². The van der Waals surface area contributed by atoms with Crippen molar-refractivity contribution in [2.24, 2.45) is 5.73 Å². The first-order valence-electron chi connectivity index (χ1n) is 6.88. The predicted molar refractivity (Wildman–Crippen MR) is 93.3 cm³/mol. The van der Waals surface area contributed by atoms with Gasteiger partial charge in [0.05, 0.1) is 6.73 Å². The Hall–Kier alpha value is -0.835. The van der Waals surface area contributed by atoms with Crippen LogP contribution in [-0.4, -0.2) is 40.9 Å². The quantitative estimate of drug-likeness (QED) is 0.312. The van der Waals surface area contributed by atoms with Gasteiger partial charge in [-0.25, -0.2) is 0 Å². The molecule has 2 N–H and O–H groups in total. The summed E-state index contributed by atoms with van der Waals surface area (Å²) >= 11 is 0. The largest absolute Gasteiger partial charge is 0.427 e. The Balaban J connectivity index is 2.76. The molecule has 0 bridgehead atoms. The molecule has 6 heteroatoms. The Bertz CT molecular complexity index is 473. The molecule has 0 spiro atoms. The smallest absolute Gasteiger partial charge is 0.284 e. The lowest BCUT2D eigenvalue weighted by molar-refractivity contribution is 0.335. The van der Waals surface area contributed by atoms with E-state index in [4.69, 9.17) is 19.4 Å². The van der Waals surface area contributed by atoms with E-state index < -0.39 is 7.34 Å². The third kappa shape index (κ3) is 6.21. The maximum absolute atomic E-state index is 5.44. The van der Waals surface area contributed by atoms with E-state index in [2.05, 4.69) is 25.0 Å². The zero-order chi connectivity index (χ0) is 15.7. The fourth-order valence-corrected chi connectivity index (χ4v) is 3.36. The fraction of sp³-hybridized carbons (Fsp3) is 0.400. The van der Waals surface area contributed by atoms with Crippen molar-refractivity contribution in [1.29, 1.82) is 0 Å². The molecular formula is C15H25BNO3P. The molecular weight excluding hydrogens is 284 g/mol. The number of nitrogens with two attached hydrogens (primary N) is 1. The van der Waals surface area contributed by atoms with Crippen molar-refractivity contribution in [2.75, 3.05) is 27.1 Å². The first kappa shape index (κ1) is 18.2. The van der Waals surface area contributed by atoms with Gasteiger partial charge in [0, 0.05) is 20.4 Å². The molecule has 0 aromatic heterocycles. The molecule has 0 fully saturated rings. The van der Waals surface area contributed by atoms with E-state index in [9.17, 15) is 0 Å². The summed E-state index contributed by atoms with van der Waals surface area (Å²) in [6.45, 7) is 4.40. The van der Waals surface area contributed by atoms with Crippen LogP contribution in [0.15, 0.2) is 42.5 Å². The van der Waals surface area contributed by atoms with Crippen LogP contribution in [0.3, 0.4) is 0 Å². The fourth-order valence-electron chi connectivity index (χ4n) is 2.07. The summed E-state index contributed by atoms with van der Waals surface area (Å²) in [5.74, 6) is 0.169. The molecule has 4 nitrogen and oxygen atoms in total. The molecule has 1 aromatic carbocycles. The molecule has 1 aromatic rings. The number of rotatable bonds is 10. The van der Waals surface area contributed by atoms with E-state index >= 15 is 0 Å². The normalized spacial score (nSPS) is 12.9. The topological polar surface area (TPSA) is 53.7 Å². The molecule has 1 atom stereocenters. The number of allylic oxidation sites excluding steroid dienone is 1. The van der Waals surface area contributed by atoms with Gasteiger partial charge in [-0.3, -0.25) is 0 Å². The van der Waals surface area contributed by atoms with Crippen molar-refractivity contribution >= 4 is 21.1 Å². The van der Waals surface area contributed by atoms with Crippen molar-refractivity contribution in [3.8, 4) is 0 Å². The van der Waals surface area contributed by atoms with Gasteiger partial charge in [0.15, 0.2) is 0 Å².